The van der Waals surface area contributed by atoms with Crippen molar-refractivity contribution in [2.45, 2.75) is 37.8 Å². The van der Waals surface area contributed by atoms with Crippen LogP contribution < -0.4 is 14.4 Å². The number of carbonyl (C=O) groups excluding carboxylic acids is 2. The van der Waals surface area contributed by atoms with Gasteiger partial charge in [0.2, 0.25) is 11.8 Å². The molecular weight excluding hydrogens is 562 g/mol. The van der Waals surface area contributed by atoms with Crippen LogP contribution in [0.5, 0.6) is 5.75 Å². The van der Waals surface area contributed by atoms with Crippen molar-refractivity contribution in [2.24, 2.45) is 0 Å². The number of nitrogens with zero attached hydrogens (tertiary/aromatic N) is 2. The van der Waals surface area contributed by atoms with Crippen LogP contribution in [-0.4, -0.2) is 51.4 Å². The van der Waals surface area contributed by atoms with Gasteiger partial charge in [0.1, 0.15) is 18.3 Å². The van der Waals surface area contributed by atoms with E-state index in [9.17, 15) is 18.0 Å². The molecule has 4 aromatic carbocycles. The molecule has 0 aromatic heterocycles. The number of likely N-dealkylation sites (N-methyl/N-ethyl adjacent to an activating group) is 1. The number of para-hydroxylation sites is 2. The van der Waals surface area contributed by atoms with Gasteiger partial charge in [-0.1, -0.05) is 90.5 Å². The van der Waals surface area contributed by atoms with Gasteiger partial charge in [-0.3, -0.25) is 13.9 Å². The Hall–Kier alpha value is -4.63. The molecule has 0 bridgehead atoms. The summed E-state index contributed by atoms with van der Waals surface area (Å²) in [5.41, 5.74) is 2.80. The third-order valence-corrected chi connectivity index (χ3v) is 8.83. The lowest BCUT2D eigenvalue weighted by Gasteiger charge is -2.34. The summed E-state index contributed by atoms with van der Waals surface area (Å²) in [5, 5.41) is 2.87. The molecule has 9 heteroatoms. The molecule has 1 N–H and O–H groups in total. The van der Waals surface area contributed by atoms with Crippen molar-refractivity contribution in [3.8, 4) is 5.75 Å². The molecule has 0 fully saturated rings. The number of methoxy groups -OCH3 is 1. The van der Waals surface area contributed by atoms with Crippen LogP contribution in [0.3, 0.4) is 0 Å². The van der Waals surface area contributed by atoms with Gasteiger partial charge in [-0.2, -0.15) is 0 Å². The highest BCUT2D eigenvalue weighted by molar-refractivity contribution is 7.92. The minimum Gasteiger partial charge on any atom is -0.495 e. The van der Waals surface area contributed by atoms with Crippen molar-refractivity contribution in [2.75, 3.05) is 24.5 Å². The van der Waals surface area contributed by atoms with E-state index in [1.807, 2.05) is 74.5 Å². The smallest absolute Gasteiger partial charge is 0.264 e. The summed E-state index contributed by atoms with van der Waals surface area (Å²) in [4.78, 5) is 29.4. The average Bonchev–Trinajstić information content (AvgIpc) is 3.02. The van der Waals surface area contributed by atoms with E-state index < -0.39 is 28.5 Å². The van der Waals surface area contributed by atoms with E-state index in [1.165, 1.54) is 24.1 Å². The van der Waals surface area contributed by atoms with Gasteiger partial charge in [-0.15, -0.1) is 0 Å². The Morgan fingerprint density at radius 1 is 0.814 bits per heavy atom. The van der Waals surface area contributed by atoms with E-state index in [4.69, 9.17) is 4.74 Å². The zero-order chi connectivity index (χ0) is 30.8. The topological polar surface area (TPSA) is 96.0 Å². The summed E-state index contributed by atoms with van der Waals surface area (Å²) in [6, 6.07) is 31.0. The third kappa shape index (κ3) is 7.81. The van der Waals surface area contributed by atoms with Gasteiger partial charge in [-0.05, 0) is 49.2 Å². The van der Waals surface area contributed by atoms with Crippen molar-refractivity contribution in [3.05, 3.63) is 126 Å². The van der Waals surface area contributed by atoms with Crippen molar-refractivity contribution >= 4 is 27.5 Å². The lowest BCUT2D eigenvalue weighted by atomic mass is 10.0. The number of carbonyl (C=O) groups is 2. The normalized spacial score (nSPS) is 11.8. The Morgan fingerprint density at radius 2 is 1.40 bits per heavy atom. The second-order valence-corrected chi connectivity index (χ2v) is 12.0. The molecule has 4 aromatic rings. The van der Waals surface area contributed by atoms with E-state index in [-0.39, 0.29) is 29.5 Å². The van der Waals surface area contributed by atoms with Gasteiger partial charge in [0.05, 0.1) is 17.7 Å². The molecule has 0 aliphatic carbocycles. The monoisotopic (exact) mass is 599 g/mol. The van der Waals surface area contributed by atoms with Crippen molar-refractivity contribution in [1.82, 2.24) is 10.2 Å². The fourth-order valence-corrected chi connectivity index (χ4v) is 6.24. The third-order valence-electron chi connectivity index (χ3n) is 7.06. The highest BCUT2D eigenvalue weighted by Crippen LogP contribution is 2.32. The van der Waals surface area contributed by atoms with E-state index in [0.29, 0.717) is 12.3 Å². The number of aryl methyl sites for hydroxylation is 1. The zero-order valence-electron chi connectivity index (χ0n) is 24.6. The predicted molar refractivity (Wildman–Crippen MR) is 168 cm³/mol. The van der Waals surface area contributed by atoms with E-state index in [1.54, 1.807) is 36.4 Å². The number of anilines is 1. The van der Waals surface area contributed by atoms with Gasteiger partial charge in [-0.25, -0.2) is 8.42 Å². The molecular formula is C34H37N3O5S. The minimum atomic E-state index is -4.21. The van der Waals surface area contributed by atoms with Crippen LogP contribution in [0.15, 0.2) is 114 Å². The second-order valence-electron chi connectivity index (χ2n) is 10.1. The predicted octanol–water partition coefficient (Wildman–Crippen LogP) is 4.98. The van der Waals surface area contributed by atoms with Crippen molar-refractivity contribution in [3.63, 3.8) is 0 Å². The second kappa shape index (κ2) is 14.5. The van der Waals surface area contributed by atoms with Gasteiger partial charge < -0.3 is 15.0 Å². The SMILES string of the molecule is CCNC(=O)[C@H](Cc1ccccc1)N(Cc1ccccc1)C(=O)CN(c1ccccc1OC)S(=O)(=O)c1ccc(C)cc1. The zero-order valence-corrected chi connectivity index (χ0v) is 25.5. The van der Waals surface area contributed by atoms with Gasteiger partial charge in [0.25, 0.3) is 10.0 Å². The van der Waals surface area contributed by atoms with Crippen LogP contribution in [0.1, 0.15) is 23.6 Å². The first-order valence-corrected chi connectivity index (χ1v) is 15.6. The van der Waals surface area contributed by atoms with Crippen molar-refractivity contribution in [1.29, 1.82) is 0 Å². The number of benzene rings is 4. The standard InChI is InChI=1S/C34H37N3O5S/c1-4-35-34(39)31(23-27-13-7-5-8-14-27)36(24-28-15-9-6-10-16-28)33(38)25-37(30-17-11-12-18-32(30)42-3)43(40,41)29-21-19-26(2)20-22-29/h5-22,31H,4,23-25H2,1-3H3,(H,35,39)/t31-/m0/s1. The quantitative estimate of drug-likeness (QED) is 0.234. The Labute approximate surface area is 254 Å². The summed E-state index contributed by atoms with van der Waals surface area (Å²) in [7, 11) is -2.77. The Morgan fingerprint density at radius 3 is 2.00 bits per heavy atom. The maximum Gasteiger partial charge on any atom is 0.264 e. The minimum absolute atomic E-state index is 0.0379. The number of nitrogens with one attached hydrogen (secondary N) is 1. The highest BCUT2D eigenvalue weighted by Gasteiger charge is 2.35. The van der Waals surface area contributed by atoms with Gasteiger partial charge >= 0.3 is 0 Å². The molecule has 0 saturated carbocycles. The summed E-state index contributed by atoms with van der Waals surface area (Å²) in [5.74, 6) is -0.552. The summed E-state index contributed by atoms with van der Waals surface area (Å²) < 4.78 is 34.9. The van der Waals surface area contributed by atoms with Crippen LogP contribution in [0, 0.1) is 6.92 Å². The molecule has 43 heavy (non-hydrogen) atoms. The fourth-order valence-electron chi connectivity index (χ4n) is 4.81. The molecule has 0 spiro atoms. The maximum absolute atomic E-state index is 14.4. The molecule has 0 aliphatic heterocycles. The molecule has 1 atom stereocenters. The fraction of sp³-hybridized carbons (Fsp3) is 0.235. The molecule has 2 amide bonds. The Balaban J connectivity index is 1.81. The first-order chi connectivity index (χ1) is 20.7. The van der Waals surface area contributed by atoms with Crippen molar-refractivity contribution < 1.29 is 22.7 Å². The van der Waals surface area contributed by atoms with Crippen LogP contribution in [0.4, 0.5) is 5.69 Å². The summed E-state index contributed by atoms with van der Waals surface area (Å²) in [6.07, 6.45) is 0.255. The largest absolute Gasteiger partial charge is 0.495 e. The number of rotatable bonds is 13. The summed E-state index contributed by atoms with van der Waals surface area (Å²) in [6.45, 7) is 3.63. The number of amides is 2. The van der Waals surface area contributed by atoms with E-state index >= 15 is 0 Å². The van der Waals surface area contributed by atoms with Crippen LogP contribution >= 0.6 is 0 Å². The van der Waals surface area contributed by atoms with Crippen LogP contribution in [0.2, 0.25) is 0 Å². The lowest BCUT2D eigenvalue weighted by Crippen LogP contribution is -2.53. The molecule has 0 unspecified atom stereocenters. The maximum atomic E-state index is 14.4. The first-order valence-electron chi connectivity index (χ1n) is 14.1. The number of hydrogen-bond acceptors (Lipinski definition) is 5. The number of hydrogen-bond donors (Lipinski definition) is 1. The molecule has 0 radical (unpaired) electrons. The lowest BCUT2D eigenvalue weighted by molar-refractivity contribution is -0.140. The van der Waals surface area contributed by atoms with Gasteiger partial charge in [0, 0.05) is 19.5 Å². The number of sulfonamides is 1. The average molecular weight is 600 g/mol. The highest BCUT2D eigenvalue weighted by atomic mass is 32.2. The Kier molecular flexibility index (Phi) is 10.6. The van der Waals surface area contributed by atoms with Gasteiger partial charge in [0.15, 0.2) is 0 Å². The molecule has 8 nitrogen and oxygen atoms in total. The molecule has 0 saturated heterocycles. The molecule has 0 heterocycles. The molecule has 4 rings (SSSR count). The first kappa shape index (κ1) is 31.3. The van der Waals surface area contributed by atoms with Crippen LogP contribution in [0.25, 0.3) is 0 Å². The summed E-state index contributed by atoms with van der Waals surface area (Å²) >= 11 is 0. The molecule has 0 aliphatic rings. The van der Waals surface area contributed by atoms with Crippen LogP contribution in [-0.2, 0) is 32.6 Å². The molecule has 224 valence electrons. The van der Waals surface area contributed by atoms with E-state index in [2.05, 4.69) is 5.32 Å². The Bertz CT molecular complexity index is 1610. The number of ether oxygens (including phenoxy) is 1. The van der Waals surface area contributed by atoms with E-state index in [0.717, 1.165) is 21.0 Å².